The van der Waals surface area contributed by atoms with Crippen LogP contribution in [0.1, 0.15) is 10.4 Å². The standard InChI is InChI=1S/C13H14FN3O4/c1-16-5-6-17(7-10(16)18)13(21)15-9-4-2-3-8(14)11(9)12(19)20/h2-4H,5-7H2,1H3,(H,15,21)(H,19,20). The molecule has 21 heavy (non-hydrogen) atoms. The van der Waals surface area contributed by atoms with Gasteiger partial charge in [-0.1, -0.05) is 6.07 Å². The third-order valence-corrected chi connectivity index (χ3v) is 3.21. The molecule has 1 aromatic carbocycles. The van der Waals surface area contributed by atoms with E-state index in [0.29, 0.717) is 13.1 Å². The summed E-state index contributed by atoms with van der Waals surface area (Å²) in [4.78, 5) is 37.3. The zero-order chi connectivity index (χ0) is 15.6. The highest BCUT2D eigenvalue weighted by Gasteiger charge is 2.26. The summed E-state index contributed by atoms with van der Waals surface area (Å²) < 4.78 is 13.5. The van der Waals surface area contributed by atoms with E-state index in [1.54, 1.807) is 7.05 Å². The first-order valence-electron chi connectivity index (χ1n) is 6.22. The van der Waals surface area contributed by atoms with Gasteiger partial charge < -0.3 is 20.2 Å². The molecule has 0 saturated carbocycles. The fourth-order valence-corrected chi connectivity index (χ4v) is 1.97. The minimum Gasteiger partial charge on any atom is -0.478 e. The molecule has 0 aliphatic carbocycles. The molecule has 0 spiro atoms. The second-order valence-electron chi connectivity index (χ2n) is 4.63. The number of piperazine rings is 1. The Morgan fingerprint density at radius 1 is 1.33 bits per heavy atom. The molecule has 1 aromatic rings. The van der Waals surface area contributed by atoms with Crippen molar-refractivity contribution < 1.29 is 23.9 Å². The average molecular weight is 295 g/mol. The molecule has 3 amide bonds. The van der Waals surface area contributed by atoms with Gasteiger partial charge in [0.1, 0.15) is 17.9 Å². The van der Waals surface area contributed by atoms with Gasteiger partial charge in [-0.3, -0.25) is 4.79 Å². The van der Waals surface area contributed by atoms with Crippen molar-refractivity contribution in [3.05, 3.63) is 29.6 Å². The van der Waals surface area contributed by atoms with Crippen LogP contribution in [-0.2, 0) is 4.79 Å². The first-order valence-corrected chi connectivity index (χ1v) is 6.22. The van der Waals surface area contributed by atoms with Crippen molar-refractivity contribution in [2.75, 3.05) is 32.0 Å². The number of benzene rings is 1. The predicted octanol–water partition coefficient (Wildman–Crippen LogP) is 0.830. The van der Waals surface area contributed by atoms with Crippen LogP contribution >= 0.6 is 0 Å². The van der Waals surface area contributed by atoms with Crippen molar-refractivity contribution in [1.29, 1.82) is 0 Å². The van der Waals surface area contributed by atoms with E-state index in [9.17, 15) is 18.8 Å². The Labute approximate surface area is 119 Å². The highest BCUT2D eigenvalue weighted by Crippen LogP contribution is 2.19. The quantitative estimate of drug-likeness (QED) is 0.845. The van der Waals surface area contributed by atoms with E-state index in [2.05, 4.69) is 5.32 Å². The van der Waals surface area contributed by atoms with Crippen molar-refractivity contribution >= 4 is 23.6 Å². The SMILES string of the molecule is CN1CCN(C(=O)Nc2cccc(F)c2C(=O)O)CC1=O. The van der Waals surface area contributed by atoms with Gasteiger partial charge >= 0.3 is 12.0 Å². The van der Waals surface area contributed by atoms with Crippen LogP contribution in [0.2, 0.25) is 0 Å². The average Bonchev–Trinajstić information content (AvgIpc) is 2.41. The van der Waals surface area contributed by atoms with Crippen molar-refractivity contribution in [2.24, 2.45) is 0 Å². The first-order chi connectivity index (χ1) is 9.90. The highest BCUT2D eigenvalue weighted by molar-refractivity contribution is 6.01. The summed E-state index contributed by atoms with van der Waals surface area (Å²) in [6, 6.07) is 2.96. The van der Waals surface area contributed by atoms with Crippen molar-refractivity contribution in [3.63, 3.8) is 0 Å². The summed E-state index contributed by atoms with van der Waals surface area (Å²) in [6.45, 7) is 0.618. The van der Waals surface area contributed by atoms with Gasteiger partial charge in [0.15, 0.2) is 0 Å². The van der Waals surface area contributed by atoms with Crippen LogP contribution in [0.25, 0.3) is 0 Å². The van der Waals surface area contributed by atoms with Crippen molar-refractivity contribution in [1.82, 2.24) is 9.80 Å². The summed E-state index contributed by atoms with van der Waals surface area (Å²) in [7, 11) is 1.63. The van der Waals surface area contributed by atoms with E-state index in [-0.39, 0.29) is 18.1 Å². The molecule has 0 radical (unpaired) electrons. The number of rotatable bonds is 2. The summed E-state index contributed by atoms with van der Waals surface area (Å²) in [5, 5.41) is 11.3. The summed E-state index contributed by atoms with van der Waals surface area (Å²) in [5.41, 5.74) is -0.745. The fraction of sp³-hybridized carbons (Fsp3) is 0.308. The highest BCUT2D eigenvalue weighted by atomic mass is 19.1. The van der Waals surface area contributed by atoms with Crippen LogP contribution in [0.3, 0.4) is 0 Å². The number of urea groups is 1. The molecule has 0 atom stereocenters. The smallest absolute Gasteiger partial charge is 0.340 e. The maximum atomic E-state index is 13.5. The number of carboxylic acids is 1. The fourth-order valence-electron chi connectivity index (χ4n) is 1.97. The lowest BCUT2D eigenvalue weighted by Gasteiger charge is -2.32. The third-order valence-electron chi connectivity index (χ3n) is 3.21. The van der Waals surface area contributed by atoms with E-state index in [1.165, 1.54) is 21.9 Å². The van der Waals surface area contributed by atoms with Crippen LogP contribution in [0.4, 0.5) is 14.9 Å². The number of carbonyl (C=O) groups excluding carboxylic acids is 2. The van der Waals surface area contributed by atoms with Gasteiger partial charge in [0.2, 0.25) is 5.91 Å². The van der Waals surface area contributed by atoms with Gasteiger partial charge in [0.25, 0.3) is 0 Å². The number of carboxylic acid groups (broad SMARTS) is 1. The molecule has 0 unspecified atom stereocenters. The summed E-state index contributed by atoms with van der Waals surface area (Å²) in [5.74, 6) is -2.62. The Morgan fingerprint density at radius 2 is 2.05 bits per heavy atom. The first kappa shape index (κ1) is 14.8. The van der Waals surface area contributed by atoms with Gasteiger partial charge in [-0.2, -0.15) is 0 Å². The van der Waals surface area contributed by atoms with Gasteiger partial charge in [-0.15, -0.1) is 0 Å². The molecule has 1 saturated heterocycles. The summed E-state index contributed by atoms with van der Waals surface area (Å²) in [6.07, 6.45) is 0. The van der Waals surface area contributed by atoms with Crippen LogP contribution < -0.4 is 5.32 Å². The van der Waals surface area contributed by atoms with E-state index in [0.717, 1.165) is 6.07 Å². The number of hydrogen-bond donors (Lipinski definition) is 2. The number of likely N-dealkylation sites (N-methyl/N-ethyl adjacent to an activating group) is 1. The molecule has 2 N–H and O–H groups in total. The minimum atomic E-state index is -1.47. The Balaban J connectivity index is 2.15. The second kappa shape index (κ2) is 5.78. The molecule has 1 aliphatic rings. The molecule has 112 valence electrons. The van der Waals surface area contributed by atoms with Crippen LogP contribution in [0, 0.1) is 5.82 Å². The molecule has 0 aromatic heterocycles. The van der Waals surface area contributed by atoms with Gasteiger partial charge in [0, 0.05) is 20.1 Å². The molecular formula is C13H14FN3O4. The maximum absolute atomic E-state index is 13.5. The number of carbonyl (C=O) groups is 3. The molecule has 0 bridgehead atoms. The molecule has 1 fully saturated rings. The number of halogens is 1. The lowest BCUT2D eigenvalue weighted by Crippen LogP contribution is -2.51. The lowest BCUT2D eigenvalue weighted by atomic mass is 10.1. The number of nitrogens with zero attached hydrogens (tertiary/aromatic N) is 2. The molecule has 2 rings (SSSR count). The van der Waals surface area contributed by atoms with Gasteiger partial charge in [-0.05, 0) is 12.1 Å². The maximum Gasteiger partial charge on any atom is 0.340 e. The number of anilines is 1. The van der Waals surface area contributed by atoms with E-state index >= 15 is 0 Å². The molecular weight excluding hydrogens is 281 g/mol. The summed E-state index contributed by atoms with van der Waals surface area (Å²) >= 11 is 0. The monoisotopic (exact) mass is 295 g/mol. The molecule has 1 heterocycles. The Morgan fingerprint density at radius 3 is 2.67 bits per heavy atom. The topological polar surface area (TPSA) is 89.9 Å². The molecule has 1 aliphatic heterocycles. The Kier molecular flexibility index (Phi) is 4.06. The third kappa shape index (κ3) is 3.10. The van der Waals surface area contributed by atoms with Crippen LogP contribution in [0.5, 0.6) is 0 Å². The predicted molar refractivity (Wildman–Crippen MR) is 71.6 cm³/mol. The van der Waals surface area contributed by atoms with Crippen molar-refractivity contribution in [2.45, 2.75) is 0 Å². The second-order valence-corrected chi connectivity index (χ2v) is 4.63. The van der Waals surface area contributed by atoms with Gasteiger partial charge in [0.05, 0.1) is 5.69 Å². The number of hydrogen-bond acceptors (Lipinski definition) is 3. The normalized spacial score (nSPS) is 15.0. The Bertz CT molecular complexity index is 605. The van der Waals surface area contributed by atoms with Gasteiger partial charge in [-0.25, -0.2) is 14.0 Å². The zero-order valence-electron chi connectivity index (χ0n) is 11.3. The van der Waals surface area contributed by atoms with E-state index in [4.69, 9.17) is 5.11 Å². The Hall–Kier alpha value is -2.64. The van der Waals surface area contributed by atoms with E-state index < -0.39 is 23.4 Å². The number of nitrogens with one attached hydrogen (secondary N) is 1. The van der Waals surface area contributed by atoms with Crippen molar-refractivity contribution in [3.8, 4) is 0 Å². The minimum absolute atomic E-state index is 0.0972. The largest absolute Gasteiger partial charge is 0.478 e. The van der Waals surface area contributed by atoms with Crippen LogP contribution in [0.15, 0.2) is 18.2 Å². The molecule has 7 nitrogen and oxygen atoms in total. The van der Waals surface area contributed by atoms with E-state index in [1.807, 2.05) is 0 Å². The number of aromatic carboxylic acids is 1. The molecule has 8 heteroatoms. The lowest BCUT2D eigenvalue weighted by molar-refractivity contribution is -0.133. The van der Waals surface area contributed by atoms with Crippen LogP contribution in [-0.4, -0.2) is 59.5 Å². The number of amides is 3. The zero-order valence-corrected chi connectivity index (χ0v) is 11.3.